The molecule has 198 valence electrons. The maximum atomic E-state index is 13.6. The topological polar surface area (TPSA) is 107 Å². The Labute approximate surface area is 214 Å². The smallest absolute Gasteiger partial charge is 0.252 e. The van der Waals surface area contributed by atoms with Crippen LogP contribution in [0.15, 0.2) is 24.3 Å². The zero-order valence-electron chi connectivity index (χ0n) is 22.4. The van der Waals surface area contributed by atoms with Crippen LogP contribution in [0.1, 0.15) is 83.1 Å². The third-order valence-corrected chi connectivity index (χ3v) is 7.16. The third-order valence-electron chi connectivity index (χ3n) is 7.16. The van der Waals surface area contributed by atoms with Gasteiger partial charge in [-0.15, -0.1) is 0 Å². The Kier molecular flexibility index (Phi) is 8.59. The average Bonchev–Trinajstić information content (AvgIpc) is 3.38. The molecule has 2 fully saturated rings. The van der Waals surface area contributed by atoms with Gasteiger partial charge in [-0.05, 0) is 48.3 Å². The summed E-state index contributed by atoms with van der Waals surface area (Å²) < 4.78 is 0. The number of carbonyl (C=O) groups is 4. The molecule has 2 heterocycles. The zero-order chi connectivity index (χ0) is 26.8. The van der Waals surface area contributed by atoms with Crippen LogP contribution in [0.2, 0.25) is 0 Å². The Morgan fingerprint density at radius 3 is 2.28 bits per heavy atom. The number of hydrogen-bond acceptors (Lipinski definition) is 5. The van der Waals surface area contributed by atoms with Crippen LogP contribution in [0.4, 0.5) is 0 Å². The number of carbonyl (C=O) groups excluding carboxylic acids is 4. The summed E-state index contributed by atoms with van der Waals surface area (Å²) in [7, 11) is 0. The van der Waals surface area contributed by atoms with E-state index in [-0.39, 0.29) is 35.5 Å². The molecule has 36 heavy (non-hydrogen) atoms. The van der Waals surface area contributed by atoms with E-state index in [2.05, 4.69) is 26.1 Å². The summed E-state index contributed by atoms with van der Waals surface area (Å²) in [6.07, 6.45) is 0.767. The Hall–Kier alpha value is -2.74. The molecule has 4 unspecified atom stereocenters. The fourth-order valence-electron chi connectivity index (χ4n) is 5.20. The molecule has 8 nitrogen and oxygen atoms in total. The summed E-state index contributed by atoms with van der Waals surface area (Å²) in [5, 5.41) is 13.1. The van der Waals surface area contributed by atoms with Crippen molar-refractivity contribution in [1.82, 2.24) is 15.1 Å². The molecule has 2 aliphatic heterocycles. The van der Waals surface area contributed by atoms with Gasteiger partial charge in [0.25, 0.3) is 11.8 Å². The molecule has 2 N–H and O–H groups in total. The number of amides is 3. The van der Waals surface area contributed by atoms with E-state index in [1.165, 1.54) is 9.80 Å². The Bertz CT molecular complexity index is 982. The quantitative estimate of drug-likeness (QED) is 0.572. The molecule has 4 atom stereocenters. The molecule has 0 aliphatic carbocycles. The van der Waals surface area contributed by atoms with Crippen molar-refractivity contribution in [3.05, 3.63) is 35.4 Å². The summed E-state index contributed by atoms with van der Waals surface area (Å²) in [6.45, 7) is 12.4. The molecule has 3 rings (SSSR count). The predicted molar refractivity (Wildman–Crippen MR) is 137 cm³/mol. The van der Waals surface area contributed by atoms with E-state index in [9.17, 15) is 24.3 Å². The molecule has 1 aromatic rings. The van der Waals surface area contributed by atoms with Gasteiger partial charge in [0.15, 0.2) is 5.78 Å². The molecule has 0 bridgehead atoms. The third kappa shape index (κ3) is 5.97. The van der Waals surface area contributed by atoms with Gasteiger partial charge in [-0.25, -0.2) is 0 Å². The second kappa shape index (κ2) is 11.1. The highest BCUT2D eigenvalue weighted by Gasteiger charge is 2.52. The van der Waals surface area contributed by atoms with E-state index >= 15 is 0 Å². The number of likely N-dealkylation sites (tertiary alicyclic amines) is 2. The summed E-state index contributed by atoms with van der Waals surface area (Å²) in [4.78, 5) is 55.3. The van der Waals surface area contributed by atoms with Crippen LogP contribution in [0.25, 0.3) is 0 Å². The van der Waals surface area contributed by atoms with Crippen LogP contribution in [-0.2, 0) is 19.8 Å². The van der Waals surface area contributed by atoms with E-state index in [4.69, 9.17) is 0 Å². The number of aliphatic hydroxyl groups excluding tert-OH is 1. The lowest BCUT2D eigenvalue weighted by Gasteiger charge is -2.29. The molecule has 2 saturated heterocycles. The van der Waals surface area contributed by atoms with Gasteiger partial charge >= 0.3 is 0 Å². The largest absolute Gasteiger partial charge is 0.383 e. The molecule has 1 aromatic carbocycles. The predicted octanol–water partition coefficient (Wildman–Crippen LogP) is 2.67. The van der Waals surface area contributed by atoms with Crippen molar-refractivity contribution in [1.29, 1.82) is 0 Å². The summed E-state index contributed by atoms with van der Waals surface area (Å²) in [5.41, 5.74) is 1.55. The number of ketones is 1. The molecule has 0 radical (unpaired) electrons. The van der Waals surface area contributed by atoms with Crippen molar-refractivity contribution in [2.45, 2.75) is 96.9 Å². The van der Waals surface area contributed by atoms with E-state index in [1.54, 1.807) is 12.1 Å². The zero-order valence-corrected chi connectivity index (χ0v) is 22.4. The lowest BCUT2D eigenvalue weighted by molar-refractivity contribution is -0.142. The second-order valence-corrected chi connectivity index (χ2v) is 11.6. The van der Waals surface area contributed by atoms with Crippen molar-refractivity contribution >= 4 is 23.5 Å². The summed E-state index contributed by atoms with van der Waals surface area (Å²) >= 11 is 0. The molecule has 3 amide bonds. The van der Waals surface area contributed by atoms with Crippen LogP contribution in [0.5, 0.6) is 0 Å². The van der Waals surface area contributed by atoms with Gasteiger partial charge < -0.3 is 20.2 Å². The normalized spacial score (nSPS) is 21.5. The Morgan fingerprint density at radius 2 is 1.72 bits per heavy atom. The second-order valence-electron chi connectivity index (χ2n) is 11.6. The van der Waals surface area contributed by atoms with Gasteiger partial charge in [0.05, 0.1) is 12.6 Å². The number of aliphatic hydroxyl groups is 1. The van der Waals surface area contributed by atoms with Crippen LogP contribution in [-0.4, -0.2) is 75.7 Å². The van der Waals surface area contributed by atoms with Crippen molar-refractivity contribution in [2.75, 3.05) is 13.1 Å². The number of Topliss-reactive ketones (excluding diaryl/α,β-unsaturated/α-hetero) is 1. The van der Waals surface area contributed by atoms with Crippen molar-refractivity contribution < 1.29 is 24.3 Å². The summed E-state index contributed by atoms with van der Waals surface area (Å²) in [6, 6.07) is 5.45. The number of fused-ring (bicyclic) bond motifs is 1. The monoisotopic (exact) mass is 499 g/mol. The minimum absolute atomic E-state index is 0.0346. The van der Waals surface area contributed by atoms with E-state index in [1.807, 2.05) is 32.9 Å². The van der Waals surface area contributed by atoms with Crippen molar-refractivity contribution in [2.24, 2.45) is 5.92 Å². The van der Waals surface area contributed by atoms with E-state index in [0.717, 1.165) is 5.56 Å². The van der Waals surface area contributed by atoms with Gasteiger partial charge in [-0.3, -0.25) is 19.2 Å². The van der Waals surface area contributed by atoms with Crippen LogP contribution in [0, 0.1) is 5.92 Å². The average molecular weight is 500 g/mol. The van der Waals surface area contributed by atoms with Crippen molar-refractivity contribution in [3.8, 4) is 0 Å². The van der Waals surface area contributed by atoms with Crippen LogP contribution >= 0.6 is 0 Å². The van der Waals surface area contributed by atoms with Crippen molar-refractivity contribution in [3.63, 3.8) is 0 Å². The highest BCUT2D eigenvalue weighted by molar-refractivity contribution is 6.01. The number of rotatable bonds is 8. The molecule has 8 heteroatoms. The fourth-order valence-corrected chi connectivity index (χ4v) is 5.20. The molecule has 2 aliphatic rings. The molecular formula is C28H41N3O5. The minimum atomic E-state index is -1.14. The van der Waals surface area contributed by atoms with Gasteiger partial charge in [0.2, 0.25) is 5.91 Å². The van der Waals surface area contributed by atoms with E-state index < -0.39 is 30.1 Å². The maximum Gasteiger partial charge on any atom is 0.252 e. The highest BCUT2D eigenvalue weighted by atomic mass is 16.3. The standard InChI is InChI=1S/C28H41N3O5/c1-7-8-22(32)27(36)31-16-23(33)24-21(31)13-14-30(24)26(35)20(15-17(2)3)29-25(34)18-9-11-19(12-10-18)28(4,5)6/h9-12,17,20-22,24,32H,7-8,13-16H2,1-6H3,(H,29,34). The molecule has 0 aromatic heterocycles. The highest BCUT2D eigenvalue weighted by Crippen LogP contribution is 2.31. The van der Waals surface area contributed by atoms with E-state index in [0.29, 0.717) is 37.8 Å². The molecule has 0 saturated carbocycles. The number of nitrogens with zero attached hydrogens (tertiary/aromatic N) is 2. The lowest BCUT2D eigenvalue weighted by atomic mass is 9.86. The van der Waals surface area contributed by atoms with Crippen LogP contribution < -0.4 is 5.32 Å². The number of nitrogens with one attached hydrogen (secondary N) is 1. The first kappa shape index (κ1) is 27.8. The molecule has 0 spiro atoms. The first-order chi connectivity index (χ1) is 16.8. The Balaban J connectivity index is 1.75. The minimum Gasteiger partial charge on any atom is -0.383 e. The fraction of sp³-hybridized carbons (Fsp3) is 0.643. The SMILES string of the molecule is CCCC(O)C(=O)N1CC(=O)C2C1CCN2C(=O)C(CC(C)C)NC(=O)c1ccc(C(C)(C)C)cc1. The lowest BCUT2D eigenvalue weighted by Crippen LogP contribution is -2.53. The number of benzene rings is 1. The first-order valence-corrected chi connectivity index (χ1v) is 13.1. The maximum absolute atomic E-state index is 13.6. The van der Waals surface area contributed by atoms with Gasteiger partial charge in [-0.2, -0.15) is 0 Å². The molecular weight excluding hydrogens is 458 g/mol. The number of hydrogen-bond donors (Lipinski definition) is 2. The first-order valence-electron chi connectivity index (χ1n) is 13.1. The van der Waals surface area contributed by atoms with Gasteiger partial charge in [-0.1, -0.05) is 60.1 Å². The van der Waals surface area contributed by atoms with Gasteiger partial charge in [0.1, 0.15) is 18.2 Å². The Morgan fingerprint density at radius 1 is 1.08 bits per heavy atom. The van der Waals surface area contributed by atoms with Crippen LogP contribution in [0.3, 0.4) is 0 Å². The van der Waals surface area contributed by atoms with Gasteiger partial charge in [0, 0.05) is 12.1 Å². The summed E-state index contributed by atoms with van der Waals surface area (Å²) in [5.74, 6) is -1.13.